The van der Waals surface area contributed by atoms with Crippen molar-refractivity contribution in [3.8, 4) is 5.69 Å². The molecule has 0 saturated carbocycles. The molecule has 7 nitrogen and oxygen atoms in total. The molecule has 3 heterocycles. The molecule has 2 unspecified atom stereocenters. The number of carbonyl (C=O) groups is 1. The molecule has 2 fully saturated rings. The van der Waals surface area contributed by atoms with Crippen LogP contribution in [0.1, 0.15) is 42.5 Å². The van der Waals surface area contributed by atoms with Gasteiger partial charge in [0, 0.05) is 12.6 Å². The Morgan fingerprint density at radius 3 is 2.96 bits per heavy atom. The maximum atomic E-state index is 12.7. The van der Waals surface area contributed by atoms with Crippen molar-refractivity contribution in [2.45, 2.75) is 38.1 Å². The second-order valence-electron chi connectivity index (χ2n) is 7.13. The van der Waals surface area contributed by atoms with Crippen LogP contribution in [0, 0.1) is 5.92 Å². The molecular formula is C18H23ClN6O. The molecule has 138 valence electrons. The van der Waals surface area contributed by atoms with Crippen LogP contribution >= 0.6 is 11.6 Å². The summed E-state index contributed by atoms with van der Waals surface area (Å²) in [6.45, 7) is 3.11. The van der Waals surface area contributed by atoms with Crippen molar-refractivity contribution in [3.05, 3.63) is 35.1 Å². The van der Waals surface area contributed by atoms with Crippen LogP contribution in [0.15, 0.2) is 24.5 Å². The largest absolute Gasteiger partial charge is 0.352 e. The lowest BCUT2D eigenvalue weighted by Crippen LogP contribution is -2.51. The highest BCUT2D eigenvalue weighted by molar-refractivity contribution is 6.33. The molecule has 1 aromatic carbocycles. The SMILES string of the molecule is O=C(NCC1CCCN2CCCCC12)c1cc(-n2cnnn2)ccc1Cl. The highest BCUT2D eigenvalue weighted by Crippen LogP contribution is 2.30. The average molecular weight is 375 g/mol. The molecule has 0 radical (unpaired) electrons. The van der Waals surface area contributed by atoms with Gasteiger partial charge >= 0.3 is 0 Å². The van der Waals surface area contributed by atoms with Crippen LogP contribution in [0.4, 0.5) is 0 Å². The summed E-state index contributed by atoms with van der Waals surface area (Å²) in [6, 6.07) is 5.83. The van der Waals surface area contributed by atoms with Crippen LogP contribution in [0.5, 0.6) is 0 Å². The number of carbonyl (C=O) groups excluding carboxylic acids is 1. The van der Waals surface area contributed by atoms with Crippen LogP contribution in [0.25, 0.3) is 5.69 Å². The molecule has 2 atom stereocenters. The third kappa shape index (κ3) is 3.59. The molecule has 8 heteroatoms. The van der Waals surface area contributed by atoms with E-state index in [9.17, 15) is 4.79 Å². The summed E-state index contributed by atoms with van der Waals surface area (Å²) in [4.78, 5) is 15.3. The van der Waals surface area contributed by atoms with E-state index in [0.29, 0.717) is 34.8 Å². The van der Waals surface area contributed by atoms with Gasteiger partial charge in [-0.05, 0) is 73.3 Å². The Hall–Kier alpha value is -1.99. The van der Waals surface area contributed by atoms with E-state index in [1.165, 1.54) is 56.2 Å². The third-order valence-corrected chi connectivity index (χ3v) is 5.89. The lowest BCUT2D eigenvalue weighted by Gasteiger charge is -2.44. The Labute approximate surface area is 157 Å². The summed E-state index contributed by atoms with van der Waals surface area (Å²) < 4.78 is 1.51. The van der Waals surface area contributed by atoms with Crippen LogP contribution in [-0.4, -0.2) is 56.7 Å². The zero-order valence-corrected chi connectivity index (χ0v) is 15.4. The van der Waals surface area contributed by atoms with Crippen LogP contribution in [-0.2, 0) is 0 Å². The van der Waals surface area contributed by atoms with Crippen molar-refractivity contribution in [1.82, 2.24) is 30.4 Å². The molecule has 26 heavy (non-hydrogen) atoms. The Balaban J connectivity index is 1.44. The lowest BCUT2D eigenvalue weighted by atomic mass is 9.83. The van der Waals surface area contributed by atoms with Gasteiger partial charge in [-0.15, -0.1) is 5.10 Å². The number of aromatic nitrogens is 4. The van der Waals surface area contributed by atoms with Gasteiger partial charge < -0.3 is 10.2 Å². The van der Waals surface area contributed by atoms with Crippen LogP contribution < -0.4 is 5.32 Å². The number of hydrogen-bond donors (Lipinski definition) is 1. The van der Waals surface area contributed by atoms with Gasteiger partial charge in [0.05, 0.1) is 16.3 Å². The van der Waals surface area contributed by atoms with E-state index >= 15 is 0 Å². The summed E-state index contributed by atoms with van der Waals surface area (Å²) in [6.07, 6.45) is 7.73. The standard InChI is InChI=1S/C18H23ClN6O/c19-16-7-6-14(25-12-21-22-23-25)10-15(16)18(26)20-11-13-4-3-9-24-8-2-1-5-17(13)24/h6-7,10,12-13,17H,1-5,8-9,11H2,(H,20,26). The van der Waals surface area contributed by atoms with Crippen molar-refractivity contribution >= 4 is 17.5 Å². The molecule has 0 spiro atoms. The van der Waals surface area contributed by atoms with Crippen molar-refractivity contribution < 1.29 is 4.79 Å². The number of amides is 1. The Morgan fingerprint density at radius 2 is 2.12 bits per heavy atom. The van der Waals surface area contributed by atoms with E-state index in [1.807, 2.05) is 0 Å². The van der Waals surface area contributed by atoms with Crippen molar-refractivity contribution in [2.24, 2.45) is 5.92 Å². The number of benzene rings is 1. The first-order valence-corrected chi connectivity index (χ1v) is 9.65. The minimum Gasteiger partial charge on any atom is -0.352 e. The minimum atomic E-state index is -0.141. The second kappa shape index (κ2) is 7.72. The number of piperidine rings is 2. The predicted molar refractivity (Wildman–Crippen MR) is 98.4 cm³/mol. The number of halogens is 1. The van der Waals surface area contributed by atoms with Crippen molar-refractivity contribution in [1.29, 1.82) is 0 Å². The fraction of sp³-hybridized carbons (Fsp3) is 0.556. The molecule has 2 aliphatic heterocycles. The number of fused-ring (bicyclic) bond motifs is 1. The number of nitrogens with one attached hydrogen (secondary N) is 1. The zero-order valence-electron chi connectivity index (χ0n) is 14.6. The van der Waals surface area contributed by atoms with Gasteiger partial charge in [-0.2, -0.15) is 0 Å². The molecule has 2 saturated heterocycles. The first kappa shape index (κ1) is 17.4. The van der Waals surface area contributed by atoms with Gasteiger partial charge in [-0.1, -0.05) is 18.0 Å². The van der Waals surface area contributed by atoms with E-state index in [4.69, 9.17) is 11.6 Å². The molecule has 1 N–H and O–H groups in total. The molecule has 1 aromatic heterocycles. The molecule has 4 rings (SSSR count). The first-order chi connectivity index (χ1) is 12.7. The molecule has 0 aliphatic carbocycles. The molecule has 2 aromatic rings. The van der Waals surface area contributed by atoms with E-state index in [2.05, 4.69) is 25.7 Å². The maximum absolute atomic E-state index is 12.7. The fourth-order valence-corrected chi connectivity index (χ4v) is 4.45. The Morgan fingerprint density at radius 1 is 1.23 bits per heavy atom. The van der Waals surface area contributed by atoms with E-state index in [-0.39, 0.29) is 5.91 Å². The Bertz CT molecular complexity index is 763. The second-order valence-corrected chi connectivity index (χ2v) is 7.54. The van der Waals surface area contributed by atoms with Gasteiger partial charge in [0.15, 0.2) is 0 Å². The van der Waals surface area contributed by atoms with Gasteiger partial charge in [0.2, 0.25) is 0 Å². The van der Waals surface area contributed by atoms with Gasteiger partial charge in [-0.25, -0.2) is 4.68 Å². The smallest absolute Gasteiger partial charge is 0.252 e. The molecule has 1 amide bonds. The normalized spacial score (nSPS) is 23.4. The first-order valence-electron chi connectivity index (χ1n) is 9.27. The third-order valence-electron chi connectivity index (χ3n) is 5.56. The minimum absolute atomic E-state index is 0.141. The zero-order chi connectivity index (χ0) is 17.9. The summed E-state index contributed by atoms with van der Waals surface area (Å²) in [7, 11) is 0. The highest BCUT2D eigenvalue weighted by atomic mass is 35.5. The van der Waals surface area contributed by atoms with Gasteiger partial charge in [0.1, 0.15) is 6.33 Å². The average Bonchev–Trinajstić information content (AvgIpc) is 3.21. The molecule has 0 bridgehead atoms. The van der Waals surface area contributed by atoms with Gasteiger partial charge in [-0.3, -0.25) is 4.79 Å². The predicted octanol–water partition coefficient (Wildman–Crippen LogP) is 2.31. The number of rotatable bonds is 4. The fourth-order valence-electron chi connectivity index (χ4n) is 4.24. The number of tetrazole rings is 1. The highest BCUT2D eigenvalue weighted by Gasteiger charge is 2.33. The molecular weight excluding hydrogens is 352 g/mol. The Kier molecular flexibility index (Phi) is 5.17. The quantitative estimate of drug-likeness (QED) is 0.888. The van der Waals surface area contributed by atoms with Crippen LogP contribution in [0.2, 0.25) is 5.02 Å². The van der Waals surface area contributed by atoms with Crippen LogP contribution in [0.3, 0.4) is 0 Å². The maximum Gasteiger partial charge on any atom is 0.252 e. The van der Waals surface area contributed by atoms with E-state index in [0.717, 1.165) is 0 Å². The van der Waals surface area contributed by atoms with E-state index < -0.39 is 0 Å². The summed E-state index contributed by atoms with van der Waals surface area (Å²) in [5.74, 6) is 0.382. The summed E-state index contributed by atoms with van der Waals surface area (Å²) >= 11 is 6.25. The summed E-state index contributed by atoms with van der Waals surface area (Å²) in [5, 5.41) is 14.6. The van der Waals surface area contributed by atoms with Crippen molar-refractivity contribution in [3.63, 3.8) is 0 Å². The number of hydrogen-bond acceptors (Lipinski definition) is 5. The topological polar surface area (TPSA) is 75.9 Å². The molecule has 2 aliphatic rings. The summed E-state index contributed by atoms with van der Waals surface area (Å²) in [5.41, 5.74) is 1.16. The lowest BCUT2D eigenvalue weighted by molar-refractivity contribution is 0.0575. The monoisotopic (exact) mass is 374 g/mol. The number of nitrogens with zero attached hydrogens (tertiary/aromatic N) is 5. The van der Waals surface area contributed by atoms with Gasteiger partial charge in [0.25, 0.3) is 5.91 Å². The van der Waals surface area contributed by atoms with E-state index in [1.54, 1.807) is 18.2 Å². The van der Waals surface area contributed by atoms with Crippen molar-refractivity contribution in [2.75, 3.05) is 19.6 Å².